The lowest BCUT2D eigenvalue weighted by molar-refractivity contribution is 0.484. The highest BCUT2D eigenvalue weighted by Crippen LogP contribution is 2.43. The van der Waals surface area contributed by atoms with Gasteiger partial charge in [-0.3, -0.25) is 0 Å². The van der Waals surface area contributed by atoms with E-state index in [-0.39, 0.29) is 0 Å². The average Bonchev–Trinajstić information content (AvgIpc) is 2.57. The lowest BCUT2D eigenvalue weighted by Crippen LogP contribution is -1.86. The first-order valence-corrected chi connectivity index (χ1v) is 7.52. The van der Waals surface area contributed by atoms with Gasteiger partial charge in [-0.2, -0.15) is 0 Å². The summed E-state index contributed by atoms with van der Waals surface area (Å²) in [5.41, 5.74) is 1.81. The molecule has 106 valence electrons. The molecule has 0 saturated heterocycles. The van der Waals surface area contributed by atoms with Crippen LogP contribution < -0.4 is 0 Å². The molecule has 0 fully saturated rings. The molecule has 22 heavy (non-hydrogen) atoms. The van der Waals surface area contributed by atoms with Crippen LogP contribution in [0.4, 0.5) is 0 Å². The van der Waals surface area contributed by atoms with Crippen LogP contribution in [-0.4, -0.2) is 5.11 Å². The van der Waals surface area contributed by atoms with Crippen molar-refractivity contribution in [3.63, 3.8) is 0 Å². The molecule has 4 aromatic rings. The summed E-state index contributed by atoms with van der Waals surface area (Å²) >= 11 is 5.99. The quantitative estimate of drug-likeness (QED) is 0.426. The van der Waals surface area contributed by atoms with E-state index in [0.29, 0.717) is 10.8 Å². The van der Waals surface area contributed by atoms with Gasteiger partial charge in [0.05, 0.1) is 0 Å². The second-order valence-corrected chi connectivity index (χ2v) is 5.76. The minimum atomic E-state index is 0.316. The monoisotopic (exact) mass is 304 g/mol. The van der Waals surface area contributed by atoms with Crippen LogP contribution in [0.5, 0.6) is 5.75 Å². The number of aromatic hydroxyl groups is 1. The smallest absolute Gasteiger partial charge is 0.131 e. The number of hydrogen-bond acceptors (Lipinski definition) is 1. The molecule has 0 aliphatic carbocycles. The fourth-order valence-corrected chi connectivity index (χ4v) is 3.16. The number of rotatable bonds is 1. The van der Waals surface area contributed by atoms with Crippen LogP contribution in [0.1, 0.15) is 0 Å². The maximum atomic E-state index is 10.8. The minimum absolute atomic E-state index is 0.316. The number of hydrogen-bond donors (Lipinski definition) is 1. The first kappa shape index (κ1) is 13.2. The molecule has 4 aromatic carbocycles. The predicted octanol–water partition coefficient (Wildman–Crippen LogP) is 6.02. The molecule has 0 atom stereocenters. The van der Waals surface area contributed by atoms with E-state index in [2.05, 4.69) is 6.07 Å². The van der Waals surface area contributed by atoms with Gasteiger partial charge >= 0.3 is 0 Å². The zero-order valence-corrected chi connectivity index (χ0v) is 12.5. The van der Waals surface area contributed by atoms with Crippen LogP contribution >= 0.6 is 11.6 Å². The Bertz CT molecular complexity index is 988. The molecule has 4 rings (SSSR count). The van der Waals surface area contributed by atoms with Gasteiger partial charge in [0.25, 0.3) is 0 Å². The molecule has 1 N–H and O–H groups in total. The van der Waals surface area contributed by atoms with Crippen molar-refractivity contribution in [3.05, 3.63) is 77.8 Å². The molecule has 0 heterocycles. The number of phenols is 1. The van der Waals surface area contributed by atoms with Gasteiger partial charge in [-0.15, -0.1) is 0 Å². The molecule has 0 bridgehead atoms. The van der Waals surface area contributed by atoms with Crippen molar-refractivity contribution in [1.29, 1.82) is 0 Å². The Balaban J connectivity index is 2.20. The van der Waals surface area contributed by atoms with E-state index in [0.717, 1.165) is 32.7 Å². The maximum absolute atomic E-state index is 10.8. The van der Waals surface area contributed by atoms with E-state index in [1.807, 2.05) is 66.7 Å². The van der Waals surface area contributed by atoms with Gasteiger partial charge in [0, 0.05) is 16.0 Å². The van der Waals surface area contributed by atoms with Crippen molar-refractivity contribution in [3.8, 4) is 16.9 Å². The third-order valence-corrected chi connectivity index (χ3v) is 4.29. The summed E-state index contributed by atoms with van der Waals surface area (Å²) in [6.45, 7) is 0. The van der Waals surface area contributed by atoms with Crippen molar-refractivity contribution in [2.75, 3.05) is 0 Å². The Labute approximate surface area is 133 Å². The minimum Gasteiger partial charge on any atom is -0.507 e. The number of halogens is 1. The van der Waals surface area contributed by atoms with Crippen LogP contribution in [0.25, 0.3) is 32.7 Å². The van der Waals surface area contributed by atoms with Crippen LogP contribution in [0.2, 0.25) is 5.02 Å². The summed E-state index contributed by atoms with van der Waals surface area (Å²) in [5, 5.41) is 15.6. The highest BCUT2D eigenvalue weighted by Gasteiger charge is 2.14. The third-order valence-electron chi connectivity index (χ3n) is 4.04. The van der Waals surface area contributed by atoms with Gasteiger partial charge in [0.15, 0.2) is 0 Å². The third kappa shape index (κ3) is 1.94. The summed E-state index contributed by atoms with van der Waals surface area (Å²) < 4.78 is 0. The molecule has 1 nitrogen and oxygen atoms in total. The van der Waals surface area contributed by atoms with E-state index >= 15 is 0 Å². The van der Waals surface area contributed by atoms with E-state index in [1.165, 1.54) is 0 Å². The Morgan fingerprint density at radius 1 is 0.591 bits per heavy atom. The summed E-state index contributed by atoms with van der Waals surface area (Å²) in [4.78, 5) is 0. The Morgan fingerprint density at radius 3 is 1.73 bits per heavy atom. The van der Waals surface area contributed by atoms with Crippen molar-refractivity contribution in [2.45, 2.75) is 0 Å². The summed E-state index contributed by atoms with van der Waals surface area (Å²) in [5.74, 6) is 0.316. The van der Waals surface area contributed by atoms with Crippen LogP contribution in [0.3, 0.4) is 0 Å². The lowest BCUT2D eigenvalue weighted by Gasteiger charge is -2.14. The predicted molar refractivity (Wildman–Crippen MR) is 93.6 cm³/mol. The van der Waals surface area contributed by atoms with Gasteiger partial charge in [0.1, 0.15) is 5.75 Å². The zero-order chi connectivity index (χ0) is 15.1. The van der Waals surface area contributed by atoms with E-state index in [9.17, 15) is 5.11 Å². The summed E-state index contributed by atoms with van der Waals surface area (Å²) in [6, 6.07) is 23.7. The van der Waals surface area contributed by atoms with Crippen LogP contribution in [-0.2, 0) is 0 Å². The van der Waals surface area contributed by atoms with Crippen LogP contribution in [0, 0.1) is 0 Å². The largest absolute Gasteiger partial charge is 0.507 e. The van der Waals surface area contributed by atoms with Crippen molar-refractivity contribution in [2.24, 2.45) is 0 Å². The average molecular weight is 305 g/mol. The van der Waals surface area contributed by atoms with Crippen molar-refractivity contribution in [1.82, 2.24) is 0 Å². The van der Waals surface area contributed by atoms with Gasteiger partial charge in [0.2, 0.25) is 0 Å². The highest BCUT2D eigenvalue weighted by atomic mass is 35.5. The first-order valence-electron chi connectivity index (χ1n) is 7.14. The lowest BCUT2D eigenvalue weighted by atomic mass is 9.92. The van der Waals surface area contributed by atoms with Gasteiger partial charge < -0.3 is 5.11 Å². The molecular formula is C20H13ClO. The fourth-order valence-electron chi connectivity index (χ4n) is 3.03. The van der Waals surface area contributed by atoms with Gasteiger partial charge in [-0.05, 0) is 33.9 Å². The molecule has 2 heteroatoms. The standard InChI is InChI=1S/C20H13ClO/c21-14-11-9-13(10-12-14)19-17-7-3-1-5-15(17)16-6-2-4-8-18(16)20(19)22/h1-12,22H. The molecule has 0 radical (unpaired) electrons. The Hall–Kier alpha value is -2.51. The molecule has 0 spiro atoms. The zero-order valence-electron chi connectivity index (χ0n) is 11.8. The van der Waals surface area contributed by atoms with E-state index in [1.54, 1.807) is 0 Å². The van der Waals surface area contributed by atoms with Crippen LogP contribution in [0.15, 0.2) is 72.8 Å². The molecular weight excluding hydrogens is 292 g/mol. The van der Waals surface area contributed by atoms with E-state index in [4.69, 9.17) is 11.6 Å². The number of phenolic OH excluding ortho intramolecular Hbond substituents is 1. The SMILES string of the molecule is Oc1c(-c2ccc(Cl)cc2)c2ccccc2c2ccccc12. The first-order chi connectivity index (χ1) is 10.8. The van der Waals surface area contributed by atoms with Crippen molar-refractivity contribution >= 4 is 33.1 Å². The molecule has 0 aliphatic rings. The second-order valence-electron chi connectivity index (χ2n) is 5.32. The molecule has 0 unspecified atom stereocenters. The summed E-state index contributed by atoms with van der Waals surface area (Å²) in [6.07, 6.45) is 0. The fraction of sp³-hybridized carbons (Fsp3) is 0. The number of benzene rings is 4. The highest BCUT2D eigenvalue weighted by molar-refractivity contribution is 6.30. The van der Waals surface area contributed by atoms with E-state index < -0.39 is 0 Å². The number of fused-ring (bicyclic) bond motifs is 3. The molecule has 0 saturated carbocycles. The van der Waals surface area contributed by atoms with Gasteiger partial charge in [-0.1, -0.05) is 72.3 Å². The van der Waals surface area contributed by atoms with Crippen molar-refractivity contribution < 1.29 is 5.11 Å². The topological polar surface area (TPSA) is 20.2 Å². The summed E-state index contributed by atoms with van der Waals surface area (Å²) in [7, 11) is 0. The van der Waals surface area contributed by atoms with Gasteiger partial charge in [-0.25, -0.2) is 0 Å². The molecule has 0 amide bonds. The Morgan fingerprint density at radius 2 is 1.09 bits per heavy atom. The Kier molecular flexibility index (Phi) is 3.02. The second kappa shape index (κ2) is 5.04. The molecule has 0 aliphatic heterocycles. The molecule has 0 aromatic heterocycles. The maximum Gasteiger partial charge on any atom is 0.131 e. The normalized spacial score (nSPS) is 11.1.